The van der Waals surface area contributed by atoms with E-state index < -0.39 is 0 Å². The molecular weight excluding hydrogens is 329 g/mol. The van der Waals surface area contributed by atoms with E-state index in [2.05, 4.69) is 19.2 Å². The Morgan fingerprint density at radius 2 is 1.91 bits per heavy atom. The fraction of sp³-hybridized carbons (Fsp3) is 0.211. The lowest BCUT2D eigenvalue weighted by molar-refractivity contribution is -0.111. The number of para-hydroxylation sites is 1. The third kappa shape index (κ3) is 4.85. The SMILES string of the molecule is CC[C@@H](C)c1ccccc1NC(=O)/C=C/c1ccc(Cl)c(Cl)c1. The zero-order valence-electron chi connectivity index (χ0n) is 13.1. The summed E-state index contributed by atoms with van der Waals surface area (Å²) in [5, 5.41) is 3.90. The summed E-state index contributed by atoms with van der Waals surface area (Å²) in [5.41, 5.74) is 2.82. The minimum absolute atomic E-state index is 0.174. The van der Waals surface area contributed by atoms with Gasteiger partial charge >= 0.3 is 0 Å². The lowest BCUT2D eigenvalue weighted by Gasteiger charge is -2.14. The van der Waals surface area contributed by atoms with Crippen LogP contribution in [0.1, 0.15) is 37.3 Å². The Bertz CT molecular complexity index is 725. The largest absolute Gasteiger partial charge is 0.322 e. The van der Waals surface area contributed by atoms with E-state index in [4.69, 9.17) is 23.2 Å². The molecule has 0 fully saturated rings. The summed E-state index contributed by atoms with van der Waals surface area (Å²) in [4.78, 5) is 12.1. The molecule has 1 amide bonds. The molecule has 1 atom stereocenters. The van der Waals surface area contributed by atoms with Gasteiger partial charge in [0.15, 0.2) is 0 Å². The monoisotopic (exact) mass is 347 g/mol. The Morgan fingerprint density at radius 3 is 2.61 bits per heavy atom. The van der Waals surface area contributed by atoms with Gasteiger partial charge in [-0.2, -0.15) is 0 Å². The molecule has 0 saturated carbocycles. The van der Waals surface area contributed by atoms with E-state index in [1.165, 1.54) is 6.08 Å². The highest BCUT2D eigenvalue weighted by atomic mass is 35.5. The van der Waals surface area contributed by atoms with Gasteiger partial charge in [0.1, 0.15) is 0 Å². The van der Waals surface area contributed by atoms with Crippen molar-refractivity contribution in [3.05, 3.63) is 69.7 Å². The summed E-state index contributed by atoms with van der Waals surface area (Å²) in [6.07, 6.45) is 4.22. The second-order valence-corrected chi connectivity index (χ2v) is 6.21. The molecule has 0 radical (unpaired) electrons. The van der Waals surface area contributed by atoms with Crippen molar-refractivity contribution in [1.29, 1.82) is 0 Å². The van der Waals surface area contributed by atoms with Gasteiger partial charge in [-0.3, -0.25) is 4.79 Å². The van der Waals surface area contributed by atoms with E-state index >= 15 is 0 Å². The van der Waals surface area contributed by atoms with Crippen molar-refractivity contribution in [2.45, 2.75) is 26.2 Å². The molecule has 23 heavy (non-hydrogen) atoms. The van der Waals surface area contributed by atoms with E-state index in [0.717, 1.165) is 23.2 Å². The molecule has 2 rings (SSSR count). The second-order valence-electron chi connectivity index (χ2n) is 5.39. The molecule has 120 valence electrons. The molecule has 0 spiro atoms. The number of nitrogens with one attached hydrogen (secondary N) is 1. The minimum atomic E-state index is -0.174. The van der Waals surface area contributed by atoms with Crippen LogP contribution in [0, 0.1) is 0 Å². The van der Waals surface area contributed by atoms with E-state index in [1.54, 1.807) is 18.2 Å². The number of carbonyl (C=O) groups is 1. The number of rotatable bonds is 5. The zero-order valence-corrected chi connectivity index (χ0v) is 14.7. The fourth-order valence-electron chi connectivity index (χ4n) is 2.22. The molecule has 2 aromatic carbocycles. The van der Waals surface area contributed by atoms with Crippen LogP contribution in [0.3, 0.4) is 0 Å². The average molecular weight is 348 g/mol. The highest BCUT2D eigenvalue weighted by molar-refractivity contribution is 6.42. The number of carbonyl (C=O) groups excluding carboxylic acids is 1. The number of anilines is 1. The van der Waals surface area contributed by atoms with Crippen LogP contribution < -0.4 is 5.32 Å². The molecule has 4 heteroatoms. The standard InChI is InChI=1S/C19H19Cl2NO/c1-3-13(2)15-6-4-5-7-18(15)22-19(23)11-9-14-8-10-16(20)17(21)12-14/h4-13H,3H2,1-2H3,(H,22,23)/b11-9+/t13-/m1/s1. The predicted molar refractivity (Wildman–Crippen MR) is 99.3 cm³/mol. The molecule has 0 aromatic heterocycles. The van der Waals surface area contributed by atoms with Crippen LogP contribution in [0.25, 0.3) is 6.08 Å². The van der Waals surface area contributed by atoms with Crippen molar-refractivity contribution >= 4 is 40.9 Å². The first-order chi connectivity index (χ1) is 11.0. The average Bonchev–Trinajstić information content (AvgIpc) is 2.55. The highest BCUT2D eigenvalue weighted by Crippen LogP contribution is 2.26. The van der Waals surface area contributed by atoms with Crippen LogP contribution in [-0.4, -0.2) is 5.91 Å². The zero-order chi connectivity index (χ0) is 16.8. The summed E-state index contributed by atoms with van der Waals surface area (Å²) in [6, 6.07) is 13.1. The maximum Gasteiger partial charge on any atom is 0.248 e. The summed E-state index contributed by atoms with van der Waals surface area (Å²) in [5.74, 6) is 0.220. The summed E-state index contributed by atoms with van der Waals surface area (Å²) < 4.78 is 0. The second kappa shape index (κ2) is 8.19. The molecule has 0 aliphatic carbocycles. The Morgan fingerprint density at radius 1 is 1.17 bits per heavy atom. The minimum Gasteiger partial charge on any atom is -0.322 e. The van der Waals surface area contributed by atoms with Crippen molar-refractivity contribution in [3.8, 4) is 0 Å². The lowest BCUT2D eigenvalue weighted by Crippen LogP contribution is -2.10. The number of halogens is 2. The lowest BCUT2D eigenvalue weighted by atomic mass is 9.97. The summed E-state index contributed by atoms with van der Waals surface area (Å²) in [7, 11) is 0. The van der Waals surface area contributed by atoms with E-state index in [1.807, 2.05) is 30.3 Å². The van der Waals surface area contributed by atoms with Gasteiger partial charge in [-0.1, -0.05) is 61.3 Å². The predicted octanol–water partition coefficient (Wildman–Crippen LogP) is 6.16. The van der Waals surface area contributed by atoms with Gasteiger partial charge in [0.05, 0.1) is 10.0 Å². The molecule has 0 heterocycles. The molecule has 1 N–H and O–H groups in total. The number of hydrogen-bond acceptors (Lipinski definition) is 1. The third-order valence-electron chi connectivity index (χ3n) is 3.73. The Hall–Kier alpha value is -1.77. The maximum atomic E-state index is 12.1. The number of benzene rings is 2. The van der Waals surface area contributed by atoms with Crippen molar-refractivity contribution < 1.29 is 4.79 Å². The van der Waals surface area contributed by atoms with Gasteiger partial charge in [0.25, 0.3) is 0 Å². The third-order valence-corrected chi connectivity index (χ3v) is 4.47. The van der Waals surface area contributed by atoms with Gasteiger partial charge in [-0.05, 0) is 47.7 Å². The van der Waals surface area contributed by atoms with Gasteiger partial charge in [-0.15, -0.1) is 0 Å². The number of hydrogen-bond donors (Lipinski definition) is 1. The van der Waals surface area contributed by atoms with E-state index in [0.29, 0.717) is 16.0 Å². The molecular formula is C19H19Cl2NO. The quantitative estimate of drug-likeness (QED) is 0.644. The maximum absolute atomic E-state index is 12.1. The Kier molecular flexibility index (Phi) is 6.26. The normalized spacial score (nSPS) is 12.3. The smallest absolute Gasteiger partial charge is 0.248 e. The first kappa shape index (κ1) is 17.6. The topological polar surface area (TPSA) is 29.1 Å². The van der Waals surface area contributed by atoms with Crippen molar-refractivity contribution in [2.24, 2.45) is 0 Å². The van der Waals surface area contributed by atoms with Crippen LogP contribution in [0.15, 0.2) is 48.5 Å². The summed E-state index contributed by atoms with van der Waals surface area (Å²) in [6.45, 7) is 4.28. The first-order valence-corrected chi connectivity index (χ1v) is 8.30. The molecule has 0 aliphatic heterocycles. The molecule has 0 saturated heterocycles. The molecule has 0 aliphatic rings. The van der Waals surface area contributed by atoms with Gasteiger partial charge < -0.3 is 5.32 Å². The van der Waals surface area contributed by atoms with E-state index in [-0.39, 0.29) is 5.91 Å². The van der Waals surface area contributed by atoms with Crippen molar-refractivity contribution in [1.82, 2.24) is 0 Å². The molecule has 0 unspecified atom stereocenters. The van der Waals surface area contributed by atoms with Crippen LogP contribution in [0.5, 0.6) is 0 Å². The van der Waals surface area contributed by atoms with Crippen LogP contribution >= 0.6 is 23.2 Å². The van der Waals surface area contributed by atoms with Crippen LogP contribution in [-0.2, 0) is 4.79 Å². The highest BCUT2D eigenvalue weighted by Gasteiger charge is 2.09. The van der Waals surface area contributed by atoms with Crippen molar-refractivity contribution in [2.75, 3.05) is 5.32 Å². The van der Waals surface area contributed by atoms with Crippen LogP contribution in [0.4, 0.5) is 5.69 Å². The fourth-order valence-corrected chi connectivity index (χ4v) is 2.53. The van der Waals surface area contributed by atoms with Gasteiger partial charge in [-0.25, -0.2) is 0 Å². The summed E-state index contributed by atoms with van der Waals surface area (Å²) >= 11 is 11.8. The van der Waals surface area contributed by atoms with Gasteiger partial charge in [0.2, 0.25) is 5.91 Å². The van der Waals surface area contributed by atoms with Crippen molar-refractivity contribution in [3.63, 3.8) is 0 Å². The van der Waals surface area contributed by atoms with Crippen LogP contribution in [0.2, 0.25) is 10.0 Å². The first-order valence-electron chi connectivity index (χ1n) is 7.54. The molecule has 2 aromatic rings. The Labute approximate surface area is 147 Å². The molecule has 2 nitrogen and oxygen atoms in total. The Balaban J connectivity index is 2.10. The van der Waals surface area contributed by atoms with E-state index in [9.17, 15) is 4.79 Å². The van der Waals surface area contributed by atoms with Gasteiger partial charge in [0, 0.05) is 11.8 Å². The molecule has 0 bridgehead atoms. The number of amides is 1.